The minimum absolute atomic E-state index is 0.264. The predicted molar refractivity (Wildman–Crippen MR) is 126 cm³/mol. The Morgan fingerprint density at radius 1 is 0.967 bits per heavy atom. The molecule has 0 unspecified atom stereocenters. The third kappa shape index (κ3) is 5.81. The van der Waals surface area contributed by atoms with Crippen LogP contribution in [0.25, 0.3) is 0 Å². The van der Waals surface area contributed by atoms with Crippen LogP contribution in [-0.4, -0.2) is 21.1 Å². The Morgan fingerprint density at radius 3 is 2.10 bits per heavy atom. The summed E-state index contributed by atoms with van der Waals surface area (Å²) in [5.74, 6) is -0.937. The quantitative estimate of drug-likeness (QED) is 0.443. The molecule has 3 aromatic carbocycles. The third-order valence-corrected chi connectivity index (χ3v) is 5.40. The Kier molecular flexibility index (Phi) is 7.44. The molecule has 0 aliphatic heterocycles. The van der Waals surface area contributed by atoms with Crippen LogP contribution in [0.2, 0.25) is 5.02 Å². The first-order valence-electron chi connectivity index (χ1n) is 9.66. The summed E-state index contributed by atoms with van der Waals surface area (Å²) < 4.78 is 0. The van der Waals surface area contributed by atoms with E-state index in [1.165, 1.54) is 5.56 Å². The standard InChI is InChI=1S/C24H23ClN2O2S/c1-2-19-5-3-4-6-22(19)26-24(30)27(16-18-9-13-21(25)14-10-18)15-17-7-11-20(12-8-17)23(28)29/h3-14H,2,15-16H2,1H3,(H,26,30)(H,28,29). The number of aryl methyl sites for hydroxylation is 1. The number of hydrogen-bond donors (Lipinski definition) is 2. The molecule has 30 heavy (non-hydrogen) atoms. The van der Waals surface area contributed by atoms with Crippen LogP contribution in [0.1, 0.15) is 34.0 Å². The van der Waals surface area contributed by atoms with E-state index in [4.69, 9.17) is 28.9 Å². The minimum Gasteiger partial charge on any atom is -0.478 e. The van der Waals surface area contributed by atoms with Gasteiger partial charge in [0, 0.05) is 23.8 Å². The van der Waals surface area contributed by atoms with Crippen LogP contribution in [0.15, 0.2) is 72.8 Å². The number of rotatable bonds is 7. The summed E-state index contributed by atoms with van der Waals surface area (Å²) in [6.07, 6.45) is 0.902. The number of benzene rings is 3. The Hall–Kier alpha value is -2.89. The molecule has 0 aliphatic carbocycles. The predicted octanol–water partition coefficient (Wildman–Crippen LogP) is 6.00. The number of nitrogens with one attached hydrogen (secondary N) is 1. The minimum atomic E-state index is -0.937. The van der Waals surface area contributed by atoms with Crippen LogP contribution >= 0.6 is 23.8 Å². The zero-order valence-electron chi connectivity index (χ0n) is 16.6. The van der Waals surface area contributed by atoms with Gasteiger partial charge in [0.1, 0.15) is 0 Å². The molecule has 0 aromatic heterocycles. The highest BCUT2D eigenvalue weighted by molar-refractivity contribution is 7.80. The van der Waals surface area contributed by atoms with E-state index in [1.54, 1.807) is 12.1 Å². The van der Waals surface area contributed by atoms with E-state index in [2.05, 4.69) is 23.2 Å². The molecule has 2 N–H and O–H groups in total. The molecule has 0 atom stereocenters. The highest BCUT2D eigenvalue weighted by Gasteiger charge is 2.14. The Morgan fingerprint density at radius 2 is 1.53 bits per heavy atom. The van der Waals surface area contributed by atoms with E-state index in [9.17, 15) is 4.79 Å². The van der Waals surface area contributed by atoms with Crippen molar-refractivity contribution in [3.05, 3.63) is 100 Å². The van der Waals surface area contributed by atoms with Gasteiger partial charge in [-0.25, -0.2) is 4.79 Å². The largest absolute Gasteiger partial charge is 0.478 e. The van der Waals surface area contributed by atoms with Crippen molar-refractivity contribution in [1.82, 2.24) is 4.90 Å². The van der Waals surface area contributed by atoms with Crippen LogP contribution in [0.3, 0.4) is 0 Å². The maximum absolute atomic E-state index is 11.1. The SMILES string of the molecule is CCc1ccccc1NC(=S)N(Cc1ccc(Cl)cc1)Cc1ccc(C(=O)O)cc1. The number of halogens is 1. The van der Waals surface area contributed by atoms with E-state index in [1.807, 2.05) is 54.6 Å². The lowest BCUT2D eigenvalue weighted by Gasteiger charge is -2.27. The molecule has 0 saturated carbocycles. The summed E-state index contributed by atoms with van der Waals surface area (Å²) in [6.45, 7) is 3.25. The summed E-state index contributed by atoms with van der Waals surface area (Å²) in [4.78, 5) is 13.2. The van der Waals surface area contributed by atoms with Gasteiger partial charge in [-0.2, -0.15) is 0 Å². The molecular weight excluding hydrogens is 416 g/mol. The molecule has 0 bridgehead atoms. The van der Waals surface area contributed by atoms with E-state index in [-0.39, 0.29) is 5.56 Å². The Bertz CT molecular complexity index is 1020. The van der Waals surface area contributed by atoms with E-state index < -0.39 is 5.97 Å². The second-order valence-corrected chi connectivity index (χ2v) is 7.75. The van der Waals surface area contributed by atoms with E-state index in [0.29, 0.717) is 23.2 Å². The highest BCUT2D eigenvalue weighted by atomic mass is 35.5. The summed E-state index contributed by atoms with van der Waals surface area (Å²) in [7, 11) is 0. The third-order valence-electron chi connectivity index (χ3n) is 4.79. The number of nitrogens with zero attached hydrogens (tertiary/aromatic N) is 1. The van der Waals surface area contributed by atoms with Gasteiger partial charge in [-0.15, -0.1) is 0 Å². The van der Waals surface area contributed by atoms with Crippen molar-refractivity contribution in [2.45, 2.75) is 26.4 Å². The summed E-state index contributed by atoms with van der Waals surface area (Å²) in [5.41, 5.74) is 4.50. The average molecular weight is 439 g/mol. The molecule has 0 radical (unpaired) electrons. The van der Waals surface area contributed by atoms with Gasteiger partial charge < -0.3 is 15.3 Å². The van der Waals surface area contributed by atoms with Crippen molar-refractivity contribution in [3.63, 3.8) is 0 Å². The summed E-state index contributed by atoms with van der Waals surface area (Å²) in [6, 6.07) is 22.6. The van der Waals surface area contributed by atoms with Crippen molar-refractivity contribution in [2.24, 2.45) is 0 Å². The fourth-order valence-electron chi connectivity index (χ4n) is 3.13. The molecule has 0 fully saturated rings. The zero-order valence-corrected chi connectivity index (χ0v) is 18.2. The van der Waals surface area contributed by atoms with Gasteiger partial charge in [-0.3, -0.25) is 0 Å². The zero-order chi connectivity index (χ0) is 21.5. The van der Waals surface area contributed by atoms with Gasteiger partial charge in [0.15, 0.2) is 5.11 Å². The summed E-state index contributed by atoms with van der Waals surface area (Å²) >= 11 is 11.8. The van der Waals surface area contributed by atoms with Crippen molar-refractivity contribution in [3.8, 4) is 0 Å². The first-order chi connectivity index (χ1) is 14.5. The van der Waals surface area contributed by atoms with Gasteiger partial charge >= 0.3 is 5.97 Å². The first-order valence-corrected chi connectivity index (χ1v) is 10.5. The van der Waals surface area contributed by atoms with Gasteiger partial charge in [-0.05, 0) is 65.7 Å². The van der Waals surface area contributed by atoms with Crippen LogP contribution in [0.5, 0.6) is 0 Å². The van der Waals surface area contributed by atoms with Crippen LogP contribution < -0.4 is 5.32 Å². The second kappa shape index (κ2) is 10.2. The van der Waals surface area contributed by atoms with E-state index >= 15 is 0 Å². The maximum Gasteiger partial charge on any atom is 0.335 e. The maximum atomic E-state index is 11.1. The number of carbonyl (C=O) groups is 1. The normalized spacial score (nSPS) is 10.5. The molecule has 6 heteroatoms. The summed E-state index contributed by atoms with van der Waals surface area (Å²) in [5, 5.41) is 13.8. The number of carboxylic acids is 1. The molecule has 154 valence electrons. The molecule has 0 aliphatic rings. The number of para-hydroxylation sites is 1. The van der Waals surface area contributed by atoms with Gasteiger partial charge in [0.2, 0.25) is 0 Å². The fraction of sp³-hybridized carbons (Fsp3) is 0.167. The van der Waals surface area contributed by atoms with Crippen LogP contribution in [0, 0.1) is 0 Å². The number of thiocarbonyl (C=S) groups is 1. The number of hydrogen-bond acceptors (Lipinski definition) is 2. The number of carboxylic acid groups (broad SMARTS) is 1. The van der Waals surface area contributed by atoms with E-state index in [0.717, 1.165) is 23.2 Å². The second-order valence-electron chi connectivity index (χ2n) is 6.93. The lowest BCUT2D eigenvalue weighted by atomic mass is 10.1. The monoisotopic (exact) mass is 438 g/mol. The molecule has 4 nitrogen and oxygen atoms in total. The number of aromatic carboxylic acids is 1. The number of anilines is 1. The first kappa shape index (κ1) is 21.8. The average Bonchev–Trinajstić information content (AvgIpc) is 2.75. The molecule has 0 spiro atoms. The van der Waals surface area contributed by atoms with Gasteiger partial charge in [0.05, 0.1) is 5.56 Å². The van der Waals surface area contributed by atoms with Crippen molar-refractivity contribution in [2.75, 3.05) is 5.32 Å². The van der Waals surface area contributed by atoms with Crippen LogP contribution in [-0.2, 0) is 19.5 Å². The molecule has 3 rings (SSSR count). The van der Waals surface area contributed by atoms with Crippen LogP contribution in [0.4, 0.5) is 5.69 Å². The van der Waals surface area contributed by atoms with Crippen molar-refractivity contribution >= 4 is 40.6 Å². The molecular formula is C24H23ClN2O2S. The Labute approximate surface area is 187 Å². The lowest BCUT2D eigenvalue weighted by molar-refractivity contribution is 0.0697. The van der Waals surface area contributed by atoms with Gasteiger partial charge in [0.25, 0.3) is 0 Å². The molecule has 0 saturated heterocycles. The highest BCUT2D eigenvalue weighted by Crippen LogP contribution is 2.19. The topological polar surface area (TPSA) is 52.6 Å². The van der Waals surface area contributed by atoms with Crippen molar-refractivity contribution < 1.29 is 9.90 Å². The molecule has 3 aromatic rings. The lowest BCUT2D eigenvalue weighted by Crippen LogP contribution is -2.34. The smallest absolute Gasteiger partial charge is 0.335 e. The fourth-order valence-corrected chi connectivity index (χ4v) is 3.49. The molecule has 0 heterocycles. The Balaban J connectivity index is 1.83. The van der Waals surface area contributed by atoms with Gasteiger partial charge in [-0.1, -0.05) is 61.0 Å². The van der Waals surface area contributed by atoms with Crippen molar-refractivity contribution in [1.29, 1.82) is 0 Å². The molecule has 0 amide bonds.